The first-order valence-corrected chi connectivity index (χ1v) is 7.61. The maximum Gasteiger partial charge on any atom is 0.365 e. The molecule has 5 nitrogen and oxygen atoms in total. The highest BCUT2D eigenvalue weighted by Gasteiger charge is 2.18. The van der Waals surface area contributed by atoms with E-state index in [4.69, 9.17) is 4.52 Å². The van der Waals surface area contributed by atoms with Crippen LogP contribution in [-0.4, -0.2) is 17.5 Å². The van der Waals surface area contributed by atoms with Crippen LogP contribution in [0.2, 0.25) is 0 Å². The fraction of sp³-hybridized carbons (Fsp3) is 0.667. The van der Waals surface area contributed by atoms with E-state index in [9.17, 15) is 9.69 Å². The standard InChI is InChI=1S/C9H17O5PS/c1-3-5-6-7-8-12-15(11,16)14-13-9(10)4-2/h4H,2-3,5-8H2,1H3,(H,11,16). The number of hydrogen-bond acceptors (Lipinski definition) is 5. The molecule has 0 aliphatic carbocycles. The lowest BCUT2D eigenvalue weighted by molar-refractivity contribution is -0.212. The molecule has 0 fully saturated rings. The molecule has 0 aromatic heterocycles. The Balaban J connectivity index is 3.66. The summed E-state index contributed by atoms with van der Waals surface area (Å²) < 4.78 is 9.25. The highest BCUT2D eigenvalue weighted by molar-refractivity contribution is 8.07. The van der Waals surface area contributed by atoms with Crippen molar-refractivity contribution in [1.29, 1.82) is 0 Å². The second-order valence-corrected chi connectivity index (χ2v) is 5.77. The number of rotatable bonds is 9. The van der Waals surface area contributed by atoms with Crippen molar-refractivity contribution >= 4 is 24.5 Å². The average Bonchev–Trinajstić information content (AvgIpc) is 2.25. The summed E-state index contributed by atoms with van der Waals surface area (Å²) in [6.07, 6.45) is 4.89. The van der Waals surface area contributed by atoms with E-state index in [1.807, 2.05) is 0 Å². The Kier molecular flexibility index (Phi) is 8.70. The van der Waals surface area contributed by atoms with Crippen molar-refractivity contribution in [2.24, 2.45) is 0 Å². The minimum absolute atomic E-state index is 0.291. The van der Waals surface area contributed by atoms with Crippen molar-refractivity contribution in [3.05, 3.63) is 12.7 Å². The van der Waals surface area contributed by atoms with Crippen molar-refractivity contribution in [3.8, 4) is 0 Å². The molecular weight excluding hydrogens is 251 g/mol. The SMILES string of the molecule is C=CC(=O)OOP(O)(=S)OCCCCCC. The number of hydrogen-bond donors (Lipinski definition) is 1. The van der Waals surface area contributed by atoms with E-state index >= 15 is 0 Å². The molecule has 1 atom stereocenters. The van der Waals surface area contributed by atoms with Gasteiger partial charge in [0, 0.05) is 6.08 Å². The van der Waals surface area contributed by atoms with Crippen molar-refractivity contribution in [2.75, 3.05) is 6.61 Å². The van der Waals surface area contributed by atoms with Crippen LogP contribution in [0.25, 0.3) is 0 Å². The Hall–Kier alpha value is -0.260. The van der Waals surface area contributed by atoms with Gasteiger partial charge in [-0.25, -0.2) is 4.79 Å². The molecule has 0 amide bonds. The van der Waals surface area contributed by atoms with Gasteiger partial charge in [0.2, 0.25) is 0 Å². The van der Waals surface area contributed by atoms with Gasteiger partial charge in [-0.15, -0.1) is 0 Å². The van der Waals surface area contributed by atoms with Crippen LogP contribution >= 0.6 is 6.72 Å². The average molecular weight is 268 g/mol. The van der Waals surface area contributed by atoms with Gasteiger partial charge in [0.1, 0.15) is 0 Å². The summed E-state index contributed by atoms with van der Waals surface area (Å²) in [5, 5.41) is 0. The maximum atomic E-state index is 10.6. The lowest BCUT2D eigenvalue weighted by Crippen LogP contribution is -2.02. The molecule has 0 rings (SSSR count). The Bertz CT molecular complexity index is 269. The molecule has 0 aliphatic rings. The van der Waals surface area contributed by atoms with Crippen molar-refractivity contribution < 1.29 is 23.8 Å². The zero-order valence-corrected chi connectivity index (χ0v) is 11.0. The molecule has 7 heteroatoms. The first-order chi connectivity index (χ1) is 7.52. The smallest absolute Gasteiger partial charge is 0.322 e. The zero-order valence-electron chi connectivity index (χ0n) is 9.26. The third-order valence-corrected chi connectivity index (χ3v) is 2.90. The minimum atomic E-state index is -3.47. The Morgan fingerprint density at radius 2 is 2.19 bits per heavy atom. The number of carbonyl (C=O) groups excluding carboxylic acids is 1. The summed E-state index contributed by atoms with van der Waals surface area (Å²) >= 11 is 4.60. The van der Waals surface area contributed by atoms with E-state index < -0.39 is 12.7 Å². The first-order valence-electron chi connectivity index (χ1n) is 5.02. The van der Waals surface area contributed by atoms with Gasteiger partial charge >= 0.3 is 12.7 Å². The lowest BCUT2D eigenvalue weighted by atomic mass is 10.2. The monoisotopic (exact) mass is 268 g/mol. The van der Waals surface area contributed by atoms with Gasteiger partial charge in [0.25, 0.3) is 0 Å². The summed E-state index contributed by atoms with van der Waals surface area (Å²) in [7, 11) is 0. The summed E-state index contributed by atoms with van der Waals surface area (Å²) in [5.74, 6) is -0.821. The van der Waals surface area contributed by atoms with Crippen LogP contribution in [0.4, 0.5) is 0 Å². The molecule has 0 radical (unpaired) electrons. The van der Waals surface area contributed by atoms with E-state index in [2.05, 4.69) is 34.9 Å². The van der Waals surface area contributed by atoms with Gasteiger partial charge < -0.3 is 9.42 Å². The molecule has 0 spiro atoms. The molecule has 1 unspecified atom stereocenters. The molecule has 0 aromatic rings. The molecule has 0 bridgehead atoms. The van der Waals surface area contributed by atoms with Crippen molar-refractivity contribution in [3.63, 3.8) is 0 Å². The van der Waals surface area contributed by atoms with E-state index in [-0.39, 0.29) is 0 Å². The fourth-order valence-corrected chi connectivity index (χ4v) is 1.73. The van der Waals surface area contributed by atoms with Crippen molar-refractivity contribution in [2.45, 2.75) is 32.6 Å². The molecule has 16 heavy (non-hydrogen) atoms. The maximum absolute atomic E-state index is 10.6. The molecule has 94 valence electrons. The van der Waals surface area contributed by atoms with Crippen LogP contribution in [-0.2, 0) is 30.7 Å². The van der Waals surface area contributed by atoms with Crippen LogP contribution in [0.3, 0.4) is 0 Å². The molecule has 0 aromatic carbocycles. The van der Waals surface area contributed by atoms with E-state index in [0.717, 1.165) is 31.8 Å². The van der Waals surface area contributed by atoms with Gasteiger partial charge in [-0.3, -0.25) is 4.89 Å². The predicted octanol–water partition coefficient (Wildman–Crippen LogP) is 2.46. The third-order valence-electron chi connectivity index (χ3n) is 1.63. The van der Waals surface area contributed by atoms with Gasteiger partial charge in [0.05, 0.1) is 6.61 Å². The summed E-state index contributed by atoms with van der Waals surface area (Å²) in [6.45, 7) is 2.08. The molecule has 0 heterocycles. The minimum Gasteiger partial charge on any atom is -0.322 e. The van der Waals surface area contributed by atoms with Crippen molar-refractivity contribution in [1.82, 2.24) is 0 Å². The number of unbranched alkanes of at least 4 members (excludes halogenated alkanes) is 3. The largest absolute Gasteiger partial charge is 0.365 e. The van der Waals surface area contributed by atoms with Crippen LogP contribution in [0.1, 0.15) is 32.6 Å². The highest BCUT2D eigenvalue weighted by atomic mass is 32.5. The quantitative estimate of drug-likeness (QED) is 0.228. The third kappa shape index (κ3) is 9.00. The van der Waals surface area contributed by atoms with Crippen LogP contribution < -0.4 is 0 Å². The number of carbonyl (C=O) groups is 1. The van der Waals surface area contributed by atoms with Gasteiger partial charge in [-0.1, -0.05) is 37.4 Å². The second kappa shape index (κ2) is 8.84. The Labute approximate surface area is 101 Å². The second-order valence-electron chi connectivity index (χ2n) is 3.04. The molecule has 0 saturated heterocycles. The van der Waals surface area contributed by atoms with Gasteiger partial charge in [0.15, 0.2) is 0 Å². The van der Waals surface area contributed by atoms with E-state index in [1.54, 1.807) is 0 Å². The lowest BCUT2D eigenvalue weighted by Gasteiger charge is -2.12. The molecule has 1 N–H and O–H groups in total. The first kappa shape index (κ1) is 15.7. The molecule has 0 aliphatic heterocycles. The molecule has 0 saturated carbocycles. The van der Waals surface area contributed by atoms with Gasteiger partial charge in [-0.05, 0) is 18.2 Å². The zero-order chi connectivity index (χ0) is 12.4. The summed E-state index contributed by atoms with van der Waals surface area (Å²) in [5.41, 5.74) is 0. The fourth-order valence-electron chi connectivity index (χ4n) is 0.848. The van der Waals surface area contributed by atoms with Gasteiger partial charge in [-0.2, -0.15) is 0 Å². The normalized spacial score (nSPS) is 14.1. The van der Waals surface area contributed by atoms with Crippen LogP contribution in [0.15, 0.2) is 12.7 Å². The van der Waals surface area contributed by atoms with E-state index in [0.29, 0.717) is 6.61 Å². The van der Waals surface area contributed by atoms with Crippen LogP contribution in [0.5, 0.6) is 0 Å². The topological polar surface area (TPSA) is 65.0 Å². The predicted molar refractivity (Wildman–Crippen MR) is 64.0 cm³/mol. The summed E-state index contributed by atoms with van der Waals surface area (Å²) in [4.78, 5) is 24.1. The summed E-state index contributed by atoms with van der Waals surface area (Å²) in [6, 6.07) is 0. The Morgan fingerprint density at radius 1 is 1.50 bits per heavy atom. The highest BCUT2D eigenvalue weighted by Crippen LogP contribution is 2.44. The van der Waals surface area contributed by atoms with E-state index in [1.165, 1.54) is 0 Å². The molecular formula is C9H17O5PS. The Morgan fingerprint density at radius 3 is 2.75 bits per heavy atom. The van der Waals surface area contributed by atoms with Crippen LogP contribution in [0, 0.1) is 0 Å².